The van der Waals surface area contributed by atoms with Gasteiger partial charge in [-0.3, -0.25) is 4.57 Å². The number of pyridine rings is 1. The molecule has 0 spiro atoms. The second-order valence-corrected chi connectivity index (χ2v) is 29.8. The zero-order valence-corrected chi connectivity index (χ0v) is 52.5. The highest BCUT2D eigenvalue weighted by Crippen LogP contribution is 2.44. The fourth-order valence-electron chi connectivity index (χ4n) is 13.7. The Morgan fingerprint density at radius 1 is 0.314 bits per heavy atom. The lowest BCUT2D eigenvalue weighted by molar-refractivity contribution is 0.458. The molecule has 0 radical (unpaired) electrons. The van der Waals surface area contributed by atoms with Crippen LogP contribution in [0.3, 0.4) is 0 Å². The van der Waals surface area contributed by atoms with Crippen molar-refractivity contribution in [3.8, 4) is 51.4 Å². The SMILES string of the molecule is CC(C)(C)c1cc2c3c(c1)Oc1ccc(-c4cc(-n5c6ccccc6c6ccccc65)cc(-n5c6cc(C(C)(C)C)ccc6c6ccc(C(C)(C)C)cc65)n4)cc1B3c1ccc(-n3c4ccc(C(C)(C)C)cc4c4cc(C(C)(C)C)ccc43)cc1O2. The minimum atomic E-state index is -0.193. The van der Waals surface area contributed by atoms with Crippen molar-refractivity contribution in [2.45, 2.75) is 131 Å². The number of para-hydroxylation sites is 2. The molecule has 0 amide bonds. The zero-order chi connectivity index (χ0) is 59.9. The number of aromatic nitrogens is 4. The van der Waals surface area contributed by atoms with Crippen LogP contribution >= 0.6 is 0 Å². The predicted molar refractivity (Wildman–Crippen MR) is 364 cm³/mol. The highest BCUT2D eigenvalue weighted by molar-refractivity contribution is 6.98. The first-order valence-corrected chi connectivity index (χ1v) is 30.8. The molecular formula is C79H75BN4O2. The van der Waals surface area contributed by atoms with Gasteiger partial charge in [0.15, 0.2) is 0 Å². The molecule has 0 unspecified atom stereocenters. The first-order valence-electron chi connectivity index (χ1n) is 30.8. The highest BCUT2D eigenvalue weighted by atomic mass is 16.5. The van der Waals surface area contributed by atoms with Gasteiger partial charge in [-0.25, -0.2) is 4.98 Å². The molecular weight excluding hydrogens is 1050 g/mol. The molecule has 4 aromatic heterocycles. The summed E-state index contributed by atoms with van der Waals surface area (Å²) in [5.41, 5.74) is 20.1. The molecule has 15 rings (SSSR count). The number of benzene rings is 9. The van der Waals surface area contributed by atoms with Gasteiger partial charge in [0.25, 0.3) is 6.71 Å². The predicted octanol–water partition coefficient (Wildman–Crippen LogP) is 19.3. The van der Waals surface area contributed by atoms with E-state index in [1.807, 2.05) is 0 Å². The van der Waals surface area contributed by atoms with Gasteiger partial charge in [0.05, 0.1) is 44.5 Å². The van der Waals surface area contributed by atoms with Crippen LogP contribution in [-0.4, -0.2) is 25.4 Å². The quantitative estimate of drug-likeness (QED) is 0.165. The maximum atomic E-state index is 7.28. The second-order valence-electron chi connectivity index (χ2n) is 29.8. The summed E-state index contributed by atoms with van der Waals surface area (Å²) in [4.78, 5) is 5.87. The third-order valence-corrected chi connectivity index (χ3v) is 18.7. The molecule has 0 atom stereocenters. The van der Waals surface area contributed by atoms with Crippen molar-refractivity contribution >= 4 is 88.5 Å². The number of rotatable bonds is 4. The monoisotopic (exact) mass is 1120 g/mol. The summed E-state index contributed by atoms with van der Waals surface area (Å²) in [5, 5.41) is 7.35. The standard InChI is InChI=1S/C79H75BN4O2/c1-75(2,3)47-27-33-65-58(37-47)59-38-48(76(4,5)6)28-34-66(59)82(65)52-29-32-60-70(44-52)86-72-42-51(79(13,14)15)41-71-74(72)80(60)61-36-46(24-35-69(61)85-71)62-43-53(83-63-22-18-16-20-54(63)55-21-17-19-23-64(55)83)45-73(81-62)84-67-39-49(77(7,8)9)25-30-56(67)57-31-26-50(40-68(57)84)78(10,11)12/h16-45H,1-15H3. The Morgan fingerprint density at radius 3 is 1.31 bits per heavy atom. The molecule has 0 N–H and O–H groups in total. The largest absolute Gasteiger partial charge is 0.458 e. The lowest BCUT2D eigenvalue weighted by atomic mass is 9.34. The Hall–Kier alpha value is -8.81. The summed E-state index contributed by atoms with van der Waals surface area (Å²) in [6.45, 7) is 34.2. The van der Waals surface area contributed by atoms with Crippen molar-refractivity contribution in [1.82, 2.24) is 18.7 Å². The minimum Gasteiger partial charge on any atom is -0.458 e. The lowest BCUT2D eigenvalue weighted by Crippen LogP contribution is -2.57. The topological polar surface area (TPSA) is 46.1 Å². The molecule has 0 aliphatic carbocycles. The van der Waals surface area contributed by atoms with Crippen molar-refractivity contribution < 1.29 is 9.47 Å². The molecule has 0 bridgehead atoms. The van der Waals surface area contributed by atoms with E-state index in [1.165, 1.54) is 65.6 Å². The first kappa shape index (κ1) is 53.9. The highest BCUT2D eigenvalue weighted by Gasteiger charge is 2.42. The Kier molecular flexibility index (Phi) is 11.5. The zero-order valence-electron chi connectivity index (χ0n) is 52.5. The van der Waals surface area contributed by atoms with E-state index in [-0.39, 0.29) is 33.8 Å². The van der Waals surface area contributed by atoms with Gasteiger partial charge in [-0.15, -0.1) is 0 Å². The van der Waals surface area contributed by atoms with Crippen LogP contribution in [0.5, 0.6) is 23.0 Å². The van der Waals surface area contributed by atoms with Crippen molar-refractivity contribution in [3.63, 3.8) is 0 Å². The van der Waals surface area contributed by atoms with E-state index in [0.29, 0.717) is 0 Å². The first-order chi connectivity index (χ1) is 40.8. The van der Waals surface area contributed by atoms with Crippen LogP contribution in [0.2, 0.25) is 0 Å². The van der Waals surface area contributed by atoms with Gasteiger partial charge in [0, 0.05) is 61.2 Å². The van der Waals surface area contributed by atoms with Crippen molar-refractivity contribution in [2.75, 3.05) is 0 Å². The smallest absolute Gasteiger partial charge is 0.260 e. The van der Waals surface area contributed by atoms with E-state index >= 15 is 0 Å². The molecule has 9 aromatic carbocycles. The van der Waals surface area contributed by atoms with Crippen LogP contribution in [-0.2, 0) is 27.1 Å². The molecule has 0 fully saturated rings. The third kappa shape index (κ3) is 8.46. The van der Waals surface area contributed by atoms with Gasteiger partial charge in [-0.1, -0.05) is 189 Å². The molecule has 0 saturated heterocycles. The fourth-order valence-corrected chi connectivity index (χ4v) is 13.7. The summed E-state index contributed by atoms with van der Waals surface area (Å²) in [7, 11) is 0. The van der Waals surface area contributed by atoms with Crippen molar-refractivity contribution in [3.05, 3.63) is 210 Å². The molecule has 6 heterocycles. The van der Waals surface area contributed by atoms with Gasteiger partial charge in [-0.2, -0.15) is 0 Å². The van der Waals surface area contributed by atoms with Crippen molar-refractivity contribution in [2.24, 2.45) is 0 Å². The molecule has 86 heavy (non-hydrogen) atoms. The van der Waals surface area contributed by atoms with Gasteiger partial charge in [0.1, 0.15) is 28.8 Å². The summed E-state index contributed by atoms with van der Waals surface area (Å²) in [6, 6.07) is 68.5. The molecule has 2 aliphatic rings. The molecule has 13 aromatic rings. The Balaban J connectivity index is 0.964. The van der Waals surface area contributed by atoms with Gasteiger partial charge in [-0.05, 0) is 151 Å². The van der Waals surface area contributed by atoms with Gasteiger partial charge in [0.2, 0.25) is 0 Å². The van der Waals surface area contributed by atoms with E-state index < -0.39 is 0 Å². The average Bonchev–Trinajstić information content (AvgIpc) is 1.12. The van der Waals surface area contributed by atoms with Crippen LogP contribution in [0.25, 0.3) is 93.9 Å². The number of ether oxygens (including phenoxy) is 2. The molecule has 2 aliphatic heterocycles. The second kappa shape index (κ2) is 18.4. The Labute approximate surface area is 506 Å². The van der Waals surface area contributed by atoms with E-state index in [9.17, 15) is 0 Å². The van der Waals surface area contributed by atoms with Crippen LogP contribution in [0.15, 0.2) is 182 Å². The Bertz CT molecular complexity index is 4830. The number of fused-ring (bicyclic) bond motifs is 13. The number of hydrogen-bond donors (Lipinski definition) is 0. The van der Waals surface area contributed by atoms with Crippen LogP contribution in [0.4, 0.5) is 0 Å². The lowest BCUT2D eigenvalue weighted by Gasteiger charge is -2.35. The maximum absolute atomic E-state index is 7.28. The normalized spacial score (nSPS) is 13.7. The van der Waals surface area contributed by atoms with Crippen LogP contribution in [0.1, 0.15) is 132 Å². The third-order valence-electron chi connectivity index (χ3n) is 18.7. The minimum absolute atomic E-state index is 0.00522. The molecule has 7 heteroatoms. The van der Waals surface area contributed by atoms with E-state index in [0.717, 1.165) is 95.5 Å². The average molecular weight is 1120 g/mol. The number of hydrogen-bond acceptors (Lipinski definition) is 3. The summed E-state index contributed by atoms with van der Waals surface area (Å²) in [6.07, 6.45) is 0. The van der Waals surface area contributed by atoms with Crippen LogP contribution < -0.4 is 25.9 Å². The van der Waals surface area contributed by atoms with Gasteiger partial charge < -0.3 is 18.6 Å². The van der Waals surface area contributed by atoms with E-state index in [2.05, 4.69) is 300 Å². The van der Waals surface area contributed by atoms with E-state index in [4.69, 9.17) is 14.5 Å². The summed E-state index contributed by atoms with van der Waals surface area (Å²) < 4.78 is 21.7. The molecule has 6 nitrogen and oxygen atoms in total. The Morgan fingerprint density at radius 2 is 0.779 bits per heavy atom. The number of nitrogens with zero attached hydrogens (tertiary/aromatic N) is 4. The van der Waals surface area contributed by atoms with Crippen LogP contribution in [0, 0.1) is 0 Å². The van der Waals surface area contributed by atoms with Crippen molar-refractivity contribution in [1.29, 1.82) is 0 Å². The van der Waals surface area contributed by atoms with E-state index in [1.54, 1.807) is 0 Å². The maximum Gasteiger partial charge on any atom is 0.260 e. The van der Waals surface area contributed by atoms with Gasteiger partial charge >= 0.3 is 0 Å². The summed E-state index contributed by atoms with van der Waals surface area (Å²) >= 11 is 0. The fraction of sp³-hybridized carbons (Fsp3) is 0.253. The molecule has 0 saturated carbocycles. The molecule has 426 valence electrons. The summed E-state index contributed by atoms with van der Waals surface area (Å²) in [5.74, 6) is 4.19.